The molecule has 0 bridgehead atoms. The van der Waals surface area contributed by atoms with Crippen molar-refractivity contribution in [2.24, 2.45) is 0 Å². The van der Waals surface area contributed by atoms with Crippen molar-refractivity contribution < 1.29 is 22.7 Å². The summed E-state index contributed by atoms with van der Waals surface area (Å²) in [5.41, 5.74) is 2.04. The number of benzene rings is 3. The van der Waals surface area contributed by atoms with Crippen LogP contribution in [0.15, 0.2) is 77.7 Å². The van der Waals surface area contributed by atoms with E-state index in [2.05, 4.69) is 10.0 Å². The maximum Gasteiger partial charge on any atom is 0.262 e. The smallest absolute Gasteiger partial charge is 0.262 e. The molecule has 0 unspecified atom stereocenters. The van der Waals surface area contributed by atoms with E-state index in [-0.39, 0.29) is 23.3 Å². The first-order valence-corrected chi connectivity index (χ1v) is 11.5. The fraction of sp³-hybridized carbons (Fsp3) is 0.167. The number of sulfonamides is 1. The van der Waals surface area contributed by atoms with E-state index in [0.29, 0.717) is 22.6 Å². The van der Waals surface area contributed by atoms with Gasteiger partial charge >= 0.3 is 0 Å². The van der Waals surface area contributed by atoms with Gasteiger partial charge in [0.2, 0.25) is 0 Å². The topological polar surface area (TPSA) is 105 Å². The Morgan fingerprint density at radius 3 is 2.09 bits per heavy atom. The number of methoxy groups -OCH3 is 1. The van der Waals surface area contributed by atoms with E-state index < -0.39 is 10.0 Å². The number of ether oxygens (including phenoxy) is 1. The lowest BCUT2D eigenvalue weighted by atomic mass is 10.1. The van der Waals surface area contributed by atoms with Gasteiger partial charge in [0.1, 0.15) is 5.75 Å². The number of carbonyl (C=O) groups excluding carboxylic acids is 2. The molecule has 2 N–H and O–H groups in total. The molecule has 0 heterocycles. The molecule has 0 aromatic heterocycles. The van der Waals surface area contributed by atoms with Crippen molar-refractivity contribution in [2.75, 3.05) is 25.9 Å². The maximum absolute atomic E-state index is 12.7. The van der Waals surface area contributed by atoms with Crippen LogP contribution in [0.1, 0.15) is 26.3 Å². The van der Waals surface area contributed by atoms with Crippen LogP contribution in [-0.4, -0.2) is 46.3 Å². The minimum absolute atomic E-state index is 0.0195. The molecule has 9 heteroatoms. The van der Waals surface area contributed by atoms with E-state index in [1.807, 2.05) is 0 Å². The Morgan fingerprint density at radius 1 is 0.879 bits per heavy atom. The zero-order valence-corrected chi connectivity index (χ0v) is 19.3. The van der Waals surface area contributed by atoms with Crippen molar-refractivity contribution in [1.82, 2.24) is 10.2 Å². The normalized spacial score (nSPS) is 10.9. The predicted octanol–water partition coefficient (Wildman–Crippen LogP) is 3.13. The molecule has 3 aromatic carbocycles. The fourth-order valence-corrected chi connectivity index (χ4v) is 4.10. The molecule has 0 saturated heterocycles. The minimum atomic E-state index is -3.85. The lowest BCUT2D eigenvalue weighted by Gasteiger charge is -2.12. The first-order valence-electron chi connectivity index (χ1n) is 10.1. The molecule has 0 atom stereocenters. The second-order valence-electron chi connectivity index (χ2n) is 7.41. The van der Waals surface area contributed by atoms with Crippen molar-refractivity contribution in [3.05, 3.63) is 89.5 Å². The minimum Gasteiger partial charge on any atom is -0.495 e. The Morgan fingerprint density at radius 2 is 1.48 bits per heavy atom. The zero-order chi connectivity index (χ0) is 24.0. The van der Waals surface area contributed by atoms with E-state index in [1.165, 1.54) is 36.3 Å². The van der Waals surface area contributed by atoms with E-state index in [0.717, 1.165) is 5.56 Å². The Labute approximate surface area is 193 Å². The monoisotopic (exact) mass is 467 g/mol. The van der Waals surface area contributed by atoms with Crippen LogP contribution in [0.5, 0.6) is 5.75 Å². The van der Waals surface area contributed by atoms with Crippen molar-refractivity contribution in [2.45, 2.75) is 11.4 Å². The first kappa shape index (κ1) is 23.8. The van der Waals surface area contributed by atoms with Crippen LogP contribution in [0.25, 0.3) is 0 Å². The highest BCUT2D eigenvalue weighted by atomic mass is 32.2. The second kappa shape index (κ2) is 10.2. The largest absolute Gasteiger partial charge is 0.495 e. The number of anilines is 1. The number of para-hydroxylation sites is 2. The summed E-state index contributed by atoms with van der Waals surface area (Å²) in [6.45, 7) is 0.269. The molecule has 3 aromatic rings. The van der Waals surface area contributed by atoms with Gasteiger partial charge in [-0.05, 0) is 54.1 Å². The third kappa shape index (κ3) is 5.89. The molecule has 172 valence electrons. The summed E-state index contributed by atoms with van der Waals surface area (Å²) in [7, 11) is 0.967. The summed E-state index contributed by atoms with van der Waals surface area (Å²) in [5.74, 6) is -0.0397. The highest BCUT2D eigenvalue weighted by Gasteiger charge is 2.17. The van der Waals surface area contributed by atoms with Crippen LogP contribution >= 0.6 is 0 Å². The van der Waals surface area contributed by atoms with E-state index in [1.54, 1.807) is 62.6 Å². The molecule has 8 nitrogen and oxygen atoms in total. The van der Waals surface area contributed by atoms with Crippen molar-refractivity contribution in [3.8, 4) is 5.75 Å². The van der Waals surface area contributed by atoms with E-state index >= 15 is 0 Å². The van der Waals surface area contributed by atoms with Crippen molar-refractivity contribution in [3.63, 3.8) is 0 Å². The summed E-state index contributed by atoms with van der Waals surface area (Å²) in [6, 6.07) is 19.3. The molecule has 0 fully saturated rings. The molecule has 0 aliphatic carbocycles. The molecular weight excluding hydrogens is 442 g/mol. The van der Waals surface area contributed by atoms with Crippen LogP contribution in [0.3, 0.4) is 0 Å². The highest BCUT2D eigenvalue weighted by Crippen LogP contribution is 2.26. The lowest BCUT2D eigenvalue weighted by Crippen LogP contribution is -2.23. The van der Waals surface area contributed by atoms with Gasteiger partial charge in [0, 0.05) is 31.8 Å². The maximum atomic E-state index is 12.7. The molecule has 3 rings (SSSR count). The van der Waals surface area contributed by atoms with Crippen LogP contribution in [0.4, 0.5) is 5.69 Å². The zero-order valence-electron chi connectivity index (χ0n) is 18.5. The molecule has 2 amide bonds. The van der Waals surface area contributed by atoms with Crippen LogP contribution in [0, 0.1) is 0 Å². The SMILES string of the molecule is COc1ccccc1NS(=O)(=O)c1ccc(C(=O)NCc2ccc(C(=O)N(C)C)cc2)cc1. The Kier molecular flexibility index (Phi) is 7.34. The van der Waals surface area contributed by atoms with Crippen molar-refractivity contribution >= 4 is 27.5 Å². The summed E-state index contributed by atoms with van der Waals surface area (Å²) < 4.78 is 33.0. The second-order valence-corrected chi connectivity index (χ2v) is 9.09. The Balaban J connectivity index is 1.63. The highest BCUT2D eigenvalue weighted by molar-refractivity contribution is 7.92. The van der Waals surface area contributed by atoms with Gasteiger partial charge in [-0.2, -0.15) is 0 Å². The van der Waals surface area contributed by atoms with Gasteiger partial charge < -0.3 is 15.0 Å². The van der Waals surface area contributed by atoms with Crippen LogP contribution < -0.4 is 14.8 Å². The third-order valence-corrected chi connectivity index (χ3v) is 6.22. The summed E-state index contributed by atoms with van der Waals surface area (Å²) in [6.07, 6.45) is 0. The standard InChI is InChI=1S/C24H25N3O5S/c1-27(2)24(29)19-10-8-17(9-11-19)16-25-23(28)18-12-14-20(15-13-18)33(30,31)26-21-6-4-5-7-22(21)32-3/h4-15,26H,16H2,1-3H3,(H,25,28). The quantitative estimate of drug-likeness (QED) is 0.530. The van der Waals surface area contributed by atoms with Crippen LogP contribution in [-0.2, 0) is 16.6 Å². The van der Waals surface area contributed by atoms with Gasteiger partial charge in [-0.1, -0.05) is 24.3 Å². The number of nitrogens with zero attached hydrogens (tertiary/aromatic N) is 1. The number of nitrogens with one attached hydrogen (secondary N) is 2. The first-order chi connectivity index (χ1) is 15.7. The van der Waals surface area contributed by atoms with Gasteiger partial charge in [0.25, 0.3) is 21.8 Å². The average molecular weight is 468 g/mol. The van der Waals surface area contributed by atoms with Crippen LogP contribution in [0.2, 0.25) is 0 Å². The fourth-order valence-electron chi connectivity index (χ4n) is 3.03. The number of carbonyl (C=O) groups is 2. The van der Waals surface area contributed by atoms with Gasteiger partial charge in [0.15, 0.2) is 0 Å². The molecule has 0 aliphatic rings. The number of hydrogen-bond acceptors (Lipinski definition) is 5. The van der Waals surface area contributed by atoms with Gasteiger partial charge in [-0.15, -0.1) is 0 Å². The lowest BCUT2D eigenvalue weighted by molar-refractivity contribution is 0.0827. The Hall–Kier alpha value is -3.85. The summed E-state index contributed by atoms with van der Waals surface area (Å²) in [5, 5.41) is 2.78. The number of amides is 2. The predicted molar refractivity (Wildman–Crippen MR) is 126 cm³/mol. The summed E-state index contributed by atoms with van der Waals surface area (Å²) >= 11 is 0. The molecule has 0 spiro atoms. The Bertz CT molecular complexity index is 1240. The van der Waals surface area contributed by atoms with Crippen molar-refractivity contribution in [1.29, 1.82) is 0 Å². The molecule has 0 radical (unpaired) electrons. The number of rotatable bonds is 8. The summed E-state index contributed by atoms with van der Waals surface area (Å²) in [4.78, 5) is 25.9. The molecule has 33 heavy (non-hydrogen) atoms. The third-order valence-electron chi connectivity index (χ3n) is 4.84. The molecular formula is C24H25N3O5S. The molecule has 0 aliphatic heterocycles. The van der Waals surface area contributed by atoms with Gasteiger partial charge in [-0.3, -0.25) is 14.3 Å². The van der Waals surface area contributed by atoms with E-state index in [4.69, 9.17) is 4.74 Å². The van der Waals surface area contributed by atoms with Gasteiger partial charge in [0.05, 0.1) is 17.7 Å². The molecule has 0 saturated carbocycles. The number of hydrogen-bond donors (Lipinski definition) is 2. The van der Waals surface area contributed by atoms with E-state index in [9.17, 15) is 18.0 Å². The average Bonchev–Trinajstić information content (AvgIpc) is 2.82. The van der Waals surface area contributed by atoms with Gasteiger partial charge in [-0.25, -0.2) is 8.42 Å².